The van der Waals surface area contributed by atoms with Crippen LogP contribution in [-0.4, -0.2) is 37.5 Å². The van der Waals surface area contributed by atoms with Crippen LogP contribution in [0.15, 0.2) is 91.4 Å². The highest BCUT2D eigenvalue weighted by Gasteiger charge is 2.12. The molecule has 0 unspecified atom stereocenters. The van der Waals surface area contributed by atoms with E-state index in [4.69, 9.17) is 28.2 Å². The zero-order valence-corrected chi connectivity index (χ0v) is 39.4. The fourth-order valence-corrected chi connectivity index (χ4v) is 6.61. The van der Waals surface area contributed by atoms with Crippen molar-refractivity contribution in [2.24, 2.45) is 21.8 Å². The number of hydrogen-bond acceptors (Lipinski definition) is 10. The van der Waals surface area contributed by atoms with Crippen molar-refractivity contribution in [3.05, 3.63) is 117 Å². The quantitative estimate of drug-likeness (QED) is 0.155. The standard InChI is InChI=1S/C9H13N.C9H11N.C8H9NO.C8H11NO.C8H9NS.C8H11NS/c1-4-9-8(7(2)3)5-6-10-9;1-4-8-5-6-9(10-8)7(2)3;1-4-8-9-7(5-10-8)6(2)3;1-4-8-7(6(2)3)5-10-9-8;1-4-8-9-7(5-10-8)6(2)3;1-4-8-7(6(2)3)5-10-9-8/h4-5,7H,1,6H2,2-3H3;1,6-7H,5H2,2-3H3;1,5-6H,2-3H3;4-6H,1H2,2-3H3;1,5-6H,2-3H3;4-6H,1H2,2-3H3. The summed E-state index contributed by atoms with van der Waals surface area (Å²) >= 11 is 3.03. The van der Waals surface area contributed by atoms with Crippen LogP contribution < -0.4 is 0 Å². The van der Waals surface area contributed by atoms with Crippen LogP contribution in [0.5, 0.6) is 0 Å². The predicted octanol–water partition coefficient (Wildman–Crippen LogP) is 13.6. The maximum absolute atomic E-state index is 5.18. The summed E-state index contributed by atoms with van der Waals surface area (Å²) in [4.78, 5) is 16.7. The van der Waals surface area contributed by atoms with Crippen LogP contribution in [0, 0.1) is 48.9 Å². The van der Waals surface area contributed by atoms with E-state index in [1.807, 2.05) is 31.4 Å². The Balaban J connectivity index is 0.000000360. The van der Waals surface area contributed by atoms with Crippen molar-refractivity contribution < 1.29 is 8.94 Å². The smallest absolute Gasteiger partial charge is 0.273 e. The first-order valence-corrected chi connectivity index (χ1v) is 21.8. The molecule has 318 valence electrons. The summed E-state index contributed by atoms with van der Waals surface area (Å²) in [6.07, 6.45) is 29.1. The average Bonchev–Trinajstić information content (AvgIpc) is 4.09. The SMILES string of the molecule is C#CC1=NC(C(C)C)=CC1.C#Cc1nc(C(C)C)co1.C#Cc1nc(C(C)C)cs1.C=CC1=NCC=C1C(C)C.C=Cc1nocc1C(C)C.C=Cc1nscc1C(C)C. The van der Waals surface area contributed by atoms with Crippen LogP contribution in [0.3, 0.4) is 0 Å². The minimum absolute atomic E-state index is 0.365. The summed E-state index contributed by atoms with van der Waals surface area (Å²) in [6, 6.07) is 0. The van der Waals surface area contributed by atoms with Crippen molar-refractivity contribution in [2.75, 3.05) is 6.54 Å². The number of terminal acetylenes is 3. The third kappa shape index (κ3) is 18.1. The molecule has 10 heteroatoms. The van der Waals surface area contributed by atoms with Crippen molar-refractivity contribution in [1.29, 1.82) is 0 Å². The number of aromatic nitrogens is 4. The third-order valence-electron chi connectivity index (χ3n) is 8.57. The highest BCUT2D eigenvalue weighted by Crippen LogP contribution is 2.22. The number of thiazole rings is 1. The Morgan fingerprint density at radius 2 is 1.33 bits per heavy atom. The first-order chi connectivity index (χ1) is 28.5. The van der Waals surface area contributed by atoms with E-state index in [0.29, 0.717) is 41.4 Å². The first-order valence-electron chi connectivity index (χ1n) is 20.1. The molecule has 0 saturated carbocycles. The van der Waals surface area contributed by atoms with Gasteiger partial charge in [0.25, 0.3) is 5.89 Å². The molecule has 0 radical (unpaired) electrons. The monoisotopic (exact) mass is 844 g/mol. The Morgan fingerprint density at radius 1 is 0.683 bits per heavy atom. The molecule has 0 amide bonds. The minimum Gasteiger partial charge on any atom is -0.438 e. The van der Waals surface area contributed by atoms with Crippen molar-refractivity contribution in [1.82, 2.24) is 19.5 Å². The third-order valence-corrected chi connectivity index (χ3v) is 10.0. The second-order valence-corrected chi connectivity index (χ2v) is 16.7. The lowest BCUT2D eigenvalue weighted by molar-refractivity contribution is 0.417. The Morgan fingerprint density at radius 3 is 1.68 bits per heavy atom. The highest BCUT2D eigenvalue weighted by atomic mass is 32.1. The maximum Gasteiger partial charge on any atom is 0.273 e. The van der Waals surface area contributed by atoms with E-state index >= 15 is 0 Å². The zero-order chi connectivity index (χ0) is 45.4. The van der Waals surface area contributed by atoms with Crippen LogP contribution >= 0.6 is 22.9 Å². The lowest BCUT2D eigenvalue weighted by Gasteiger charge is -2.05. The van der Waals surface area contributed by atoms with Gasteiger partial charge in [0.05, 0.1) is 35.0 Å². The number of rotatable bonds is 9. The predicted molar refractivity (Wildman–Crippen MR) is 259 cm³/mol. The number of oxazole rings is 1. The van der Waals surface area contributed by atoms with Crippen LogP contribution in [0.1, 0.15) is 158 Å². The minimum atomic E-state index is 0.365. The van der Waals surface area contributed by atoms with Gasteiger partial charge in [0.15, 0.2) is 5.01 Å². The number of allylic oxidation sites excluding steroid dienone is 4. The fourth-order valence-electron chi connectivity index (χ4n) is 4.97. The molecule has 0 bridgehead atoms. The summed E-state index contributed by atoms with van der Waals surface area (Å²) in [5.41, 5.74) is 10.7. The van der Waals surface area contributed by atoms with Crippen LogP contribution in [-0.2, 0) is 0 Å². The van der Waals surface area contributed by atoms with Crippen LogP contribution in [0.25, 0.3) is 12.2 Å². The molecule has 2 aliphatic heterocycles. The first kappa shape index (κ1) is 52.4. The van der Waals surface area contributed by atoms with Gasteiger partial charge in [-0.05, 0) is 88.2 Å². The lowest BCUT2D eigenvalue weighted by atomic mass is 10.00. The molecule has 0 spiro atoms. The van der Waals surface area contributed by atoms with E-state index < -0.39 is 0 Å². The average molecular weight is 845 g/mol. The number of aliphatic imine (C=N–C) groups is 2. The van der Waals surface area contributed by atoms with Crippen molar-refractivity contribution in [2.45, 2.75) is 113 Å². The maximum atomic E-state index is 5.18. The Hall–Kier alpha value is -5.60. The van der Waals surface area contributed by atoms with Gasteiger partial charge in [-0.2, -0.15) is 4.37 Å². The Labute approximate surface area is 369 Å². The van der Waals surface area contributed by atoms with E-state index in [2.05, 4.69) is 154 Å². The molecule has 4 aromatic heterocycles. The lowest BCUT2D eigenvalue weighted by Crippen LogP contribution is -2.01. The molecule has 0 N–H and O–H groups in total. The normalized spacial score (nSPS) is 12.3. The molecule has 0 saturated heterocycles. The molecule has 8 nitrogen and oxygen atoms in total. The molecular weight excluding hydrogens is 781 g/mol. The molecule has 0 atom stereocenters. The van der Waals surface area contributed by atoms with E-state index in [-0.39, 0.29) is 0 Å². The molecule has 0 fully saturated rings. The number of hydrogen-bond donors (Lipinski definition) is 0. The molecule has 6 rings (SSSR count). The van der Waals surface area contributed by atoms with Gasteiger partial charge < -0.3 is 8.94 Å². The largest absolute Gasteiger partial charge is 0.438 e. The fraction of sp³-hybridized carbons (Fsp3) is 0.400. The van der Waals surface area contributed by atoms with Crippen molar-refractivity contribution in [3.63, 3.8) is 0 Å². The zero-order valence-electron chi connectivity index (χ0n) is 37.7. The van der Waals surface area contributed by atoms with E-state index in [1.165, 1.54) is 34.0 Å². The summed E-state index contributed by atoms with van der Waals surface area (Å²) < 4.78 is 13.9. The summed E-state index contributed by atoms with van der Waals surface area (Å²) in [7, 11) is 0. The van der Waals surface area contributed by atoms with Gasteiger partial charge in [0.1, 0.15) is 18.2 Å². The summed E-state index contributed by atoms with van der Waals surface area (Å²) in [5.74, 6) is 10.7. The summed E-state index contributed by atoms with van der Waals surface area (Å²) in [6.45, 7) is 37.3. The van der Waals surface area contributed by atoms with E-state index in [0.717, 1.165) is 63.4 Å². The van der Waals surface area contributed by atoms with Crippen LogP contribution in [0.2, 0.25) is 0 Å². The van der Waals surface area contributed by atoms with Gasteiger partial charge in [-0.3, -0.25) is 4.99 Å². The van der Waals surface area contributed by atoms with Crippen LogP contribution in [0.4, 0.5) is 0 Å². The second kappa shape index (κ2) is 28.0. The van der Waals surface area contributed by atoms with Crippen molar-refractivity contribution >= 4 is 46.4 Å². The molecule has 2 aliphatic rings. The topological polar surface area (TPSA) is 103 Å². The van der Waals surface area contributed by atoms with Gasteiger partial charge in [0, 0.05) is 28.4 Å². The van der Waals surface area contributed by atoms with E-state index in [9.17, 15) is 0 Å². The molecule has 6 heterocycles. The molecular formula is C50H64N6O2S2. The van der Waals surface area contributed by atoms with Crippen molar-refractivity contribution in [3.8, 4) is 37.0 Å². The van der Waals surface area contributed by atoms with Gasteiger partial charge in [-0.25, -0.2) is 15.0 Å². The van der Waals surface area contributed by atoms with Gasteiger partial charge in [0.2, 0.25) is 0 Å². The van der Waals surface area contributed by atoms with Gasteiger partial charge in [-0.15, -0.1) is 30.6 Å². The Kier molecular flexibility index (Phi) is 24.4. The second-order valence-electron chi connectivity index (χ2n) is 15.2. The van der Waals surface area contributed by atoms with Gasteiger partial charge in [-0.1, -0.05) is 126 Å². The Bertz CT molecular complexity index is 2080. The van der Waals surface area contributed by atoms with E-state index in [1.54, 1.807) is 18.6 Å². The summed E-state index contributed by atoms with van der Waals surface area (Å²) in [5, 5.41) is 8.64. The highest BCUT2D eigenvalue weighted by molar-refractivity contribution is 7.10. The molecule has 0 aliphatic carbocycles. The molecule has 0 aromatic carbocycles. The molecule has 60 heavy (non-hydrogen) atoms. The van der Waals surface area contributed by atoms with Gasteiger partial charge >= 0.3 is 0 Å². The number of nitrogens with zero attached hydrogens (tertiary/aromatic N) is 6. The molecule has 4 aromatic rings.